The number of rotatable bonds is 16. The van der Waals surface area contributed by atoms with Crippen molar-refractivity contribution in [2.75, 3.05) is 19.8 Å². The van der Waals surface area contributed by atoms with E-state index in [9.17, 15) is 0 Å². The highest BCUT2D eigenvalue weighted by Crippen LogP contribution is 2.11. The van der Waals surface area contributed by atoms with Crippen LogP contribution in [0.25, 0.3) is 0 Å². The molecule has 0 atom stereocenters. The molecule has 0 aliphatic rings. The second kappa shape index (κ2) is 16.3. The fraction of sp³-hybridized carbons (Fsp3) is 1.00. The Morgan fingerprint density at radius 3 is 1.76 bits per heavy atom. The third-order valence-electron chi connectivity index (χ3n) is 3.84. The SMILES string of the molecule is CC(C)CCCCCCCCOCCCCCNC(C)C. The molecule has 2 heteroatoms. The second-order valence-corrected chi connectivity index (χ2v) is 7.09. The number of hydrogen-bond donors (Lipinski definition) is 1. The molecule has 0 unspecified atom stereocenters. The topological polar surface area (TPSA) is 21.3 Å². The molecule has 0 spiro atoms. The molecule has 0 heterocycles. The standard InChI is InChI=1S/C19H41NO/c1-18(2)14-10-7-5-6-8-12-16-21-17-13-9-11-15-20-19(3)4/h18-20H,5-17H2,1-4H3. The molecular formula is C19H41NO. The lowest BCUT2D eigenvalue weighted by atomic mass is 10.0. The van der Waals surface area contributed by atoms with Gasteiger partial charge in [-0.3, -0.25) is 0 Å². The molecule has 21 heavy (non-hydrogen) atoms. The summed E-state index contributed by atoms with van der Waals surface area (Å²) in [5.41, 5.74) is 0. The van der Waals surface area contributed by atoms with Crippen LogP contribution in [0.5, 0.6) is 0 Å². The van der Waals surface area contributed by atoms with E-state index in [4.69, 9.17) is 4.74 Å². The normalized spacial score (nSPS) is 11.7. The van der Waals surface area contributed by atoms with Crippen LogP contribution < -0.4 is 5.32 Å². The van der Waals surface area contributed by atoms with Crippen molar-refractivity contribution in [3.8, 4) is 0 Å². The minimum atomic E-state index is 0.617. The van der Waals surface area contributed by atoms with E-state index in [1.54, 1.807) is 0 Å². The highest BCUT2D eigenvalue weighted by Gasteiger charge is 1.96. The average molecular weight is 300 g/mol. The van der Waals surface area contributed by atoms with Gasteiger partial charge in [0.1, 0.15) is 0 Å². The van der Waals surface area contributed by atoms with Crippen LogP contribution in [0.3, 0.4) is 0 Å². The van der Waals surface area contributed by atoms with E-state index in [0.717, 1.165) is 25.7 Å². The molecule has 0 aromatic rings. The predicted octanol–water partition coefficient (Wildman–Crippen LogP) is 5.56. The molecule has 2 nitrogen and oxygen atoms in total. The Bertz CT molecular complexity index is 172. The van der Waals surface area contributed by atoms with E-state index in [0.29, 0.717) is 6.04 Å². The smallest absolute Gasteiger partial charge is 0.0466 e. The molecule has 0 fully saturated rings. The molecule has 0 radical (unpaired) electrons. The van der Waals surface area contributed by atoms with Gasteiger partial charge in [0, 0.05) is 19.3 Å². The second-order valence-electron chi connectivity index (χ2n) is 7.09. The molecule has 0 aromatic heterocycles. The summed E-state index contributed by atoms with van der Waals surface area (Å²) in [7, 11) is 0. The first-order valence-corrected chi connectivity index (χ1v) is 9.44. The van der Waals surface area contributed by atoms with Crippen molar-refractivity contribution < 1.29 is 4.74 Å². The number of unbranched alkanes of at least 4 members (excludes halogenated alkanes) is 7. The molecule has 0 saturated heterocycles. The molecule has 0 bridgehead atoms. The van der Waals surface area contributed by atoms with Crippen LogP contribution in [0.1, 0.15) is 91.9 Å². The van der Waals surface area contributed by atoms with Gasteiger partial charge in [0.15, 0.2) is 0 Å². The first kappa shape index (κ1) is 20.9. The van der Waals surface area contributed by atoms with Gasteiger partial charge in [-0.2, -0.15) is 0 Å². The summed E-state index contributed by atoms with van der Waals surface area (Å²) in [4.78, 5) is 0. The third kappa shape index (κ3) is 19.9. The van der Waals surface area contributed by atoms with Gasteiger partial charge in [0.2, 0.25) is 0 Å². The Labute approximate surface area is 134 Å². The maximum Gasteiger partial charge on any atom is 0.0466 e. The summed E-state index contributed by atoms with van der Waals surface area (Å²) in [6, 6.07) is 0.617. The first-order valence-electron chi connectivity index (χ1n) is 9.44. The van der Waals surface area contributed by atoms with Gasteiger partial charge in [-0.1, -0.05) is 66.2 Å². The minimum absolute atomic E-state index is 0.617. The minimum Gasteiger partial charge on any atom is -0.381 e. The van der Waals surface area contributed by atoms with E-state index in [-0.39, 0.29) is 0 Å². The lowest BCUT2D eigenvalue weighted by molar-refractivity contribution is 0.125. The van der Waals surface area contributed by atoms with Crippen LogP contribution in [0.4, 0.5) is 0 Å². The van der Waals surface area contributed by atoms with Gasteiger partial charge >= 0.3 is 0 Å². The van der Waals surface area contributed by atoms with Gasteiger partial charge in [0.05, 0.1) is 0 Å². The fourth-order valence-corrected chi connectivity index (χ4v) is 2.46. The summed E-state index contributed by atoms with van der Waals surface area (Å²) >= 11 is 0. The summed E-state index contributed by atoms with van der Waals surface area (Å²) in [6.07, 6.45) is 13.4. The van der Waals surface area contributed by atoms with Crippen LogP contribution >= 0.6 is 0 Å². The van der Waals surface area contributed by atoms with Crippen LogP contribution in [-0.2, 0) is 4.74 Å². The number of hydrogen-bond acceptors (Lipinski definition) is 2. The predicted molar refractivity (Wildman–Crippen MR) is 95.0 cm³/mol. The molecular weight excluding hydrogens is 258 g/mol. The average Bonchev–Trinajstić information content (AvgIpc) is 2.42. The van der Waals surface area contributed by atoms with E-state index < -0.39 is 0 Å². The van der Waals surface area contributed by atoms with Crippen molar-refractivity contribution in [3.05, 3.63) is 0 Å². The molecule has 128 valence electrons. The zero-order valence-corrected chi connectivity index (χ0v) is 15.3. The monoisotopic (exact) mass is 299 g/mol. The number of ether oxygens (including phenoxy) is 1. The Balaban J connectivity index is 2.96. The maximum absolute atomic E-state index is 5.70. The van der Waals surface area contributed by atoms with Crippen molar-refractivity contribution in [1.82, 2.24) is 5.32 Å². The Kier molecular flexibility index (Phi) is 16.2. The fourth-order valence-electron chi connectivity index (χ4n) is 2.46. The van der Waals surface area contributed by atoms with Gasteiger partial charge in [-0.25, -0.2) is 0 Å². The van der Waals surface area contributed by atoms with Crippen molar-refractivity contribution in [2.45, 2.75) is 97.9 Å². The molecule has 0 saturated carbocycles. The van der Waals surface area contributed by atoms with Crippen molar-refractivity contribution in [1.29, 1.82) is 0 Å². The van der Waals surface area contributed by atoms with E-state index >= 15 is 0 Å². The van der Waals surface area contributed by atoms with E-state index in [1.165, 1.54) is 64.2 Å². The Morgan fingerprint density at radius 1 is 0.667 bits per heavy atom. The summed E-state index contributed by atoms with van der Waals surface area (Å²) in [6.45, 7) is 12.1. The summed E-state index contributed by atoms with van der Waals surface area (Å²) in [5, 5.41) is 3.45. The van der Waals surface area contributed by atoms with Crippen LogP contribution in [0.15, 0.2) is 0 Å². The summed E-state index contributed by atoms with van der Waals surface area (Å²) in [5.74, 6) is 0.875. The number of nitrogens with one attached hydrogen (secondary N) is 1. The largest absolute Gasteiger partial charge is 0.381 e. The van der Waals surface area contributed by atoms with Gasteiger partial charge in [0.25, 0.3) is 0 Å². The van der Waals surface area contributed by atoms with Gasteiger partial charge in [-0.05, 0) is 38.1 Å². The van der Waals surface area contributed by atoms with Crippen molar-refractivity contribution in [3.63, 3.8) is 0 Å². The molecule has 0 rings (SSSR count). The van der Waals surface area contributed by atoms with Crippen molar-refractivity contribution >= 4 is 0 Å². The van der Waals surface area contributed by atoms with Crippen LogP contribution in [-0.4, -0.2) is 25.8 Å². The Morgan fingerprint density at radius 2 is 1.19 bits per heavy atom. The molecule has 1 N–H and O–H groups in total. The molecule has 0 aromatic carbocycles. The highest BCUT2D eigenvalue weighted by atomic mass is 16.5. The van der Waals surface area contributed by atoms with Crippen LogP contribution in [0.2, 0.25) is 0 Å². The Hall–Kier alpha value is -0.0800. The molecule has 0 amide bonds. The van der Waals surface area contributed by atoms with Gasteiger partial charge in [-0.15, -0.1) is 0 Å². The third-order valence-corrected chi connectivity index (χ3v) is 3.84. The maximum atomic E-state index is 5.70. The zero-order chi connectivity index (χ0) is 15.8. The van der Waals surface area contributed by atoms with Gasteiger partial charge < -0.3 is 10.1 Å². The highest BCUT2D eigenvalue weighted by molar-refractivity contribution is 4.53. The summed E-state index contributed by atoms with van der Waals surface area (Å²) < 4.78 is 5.70. The van der Waals surface area contributed by atoms with E-state index in [1.807, 2.05) is 0 Å². The zero-order valence-electron chi connectivity index (χ0n) is 15.3. The lowest BCUT2D eigenvalue weighted by Gasteiger charge is -2.08. The van der Waals surface area contributed by atoms with Crippen LogP contribution in [0, 0.1) is 5.92 Å². The quantitative estimate of drug-likeness (QED) is 0.377. The van der Waals surface area contributed by atoms with E-state index in [2.05, 4.69) is 33.0 Å². The molecule has 0 aliphatic heterocycles. The van der Waals surface area contributed by atoms with Crippen molar-refractivity contribution in [2.24, 2.45) is 5.92 Å². The first-order chi connectivity index (χ1) is 10.1. The molecule has 0 aliphatic carbocycles. The lowest BCUT2D eigenvalue weighted by Crippen LogP contribution is -2.23.